The third kappa shape index (κ3) is 6.54. The molecule has 4 aromatic rings. The van der Waals surface area contributed by atoms with Crippen LogP contribution >= 0.6 is 0 Å². The highest BCUT2D eigenvalue weighted by Gasteiger charge is 2.15. The molecule has 0 amide bonds. The second-order valence-electron chi connectivity index (χ2n) is 9.90. The molecule has 0 saturated carbocycles. The van der Waals surface area contributed by atoms with Gasteiger partial charge in [-0.1, -0.05) is 107 Å². The molecular formula is C33H36F2O2. The average molecular weight is 503 g/mol. The van der Waals surface area contributed by atoms with Crippen LogP contribution in [-0.2, 0) is 12.8 Å². The van der Waals surface area contributed by atoms with E-state index in [4.69, 9.17) is 4.42 Å². The molecule has 0 unspecified atom stereocenters. The minimum Gasteiger partial charge on any atom is -0.427 e. The molecule has 0 atom stereocenters. The van der Waals surface area contributed by atoms with Crippen LogP contribution in [0.4, 0.5) is 8.78 Å². The zero-order valence-corrected chi connectivity index (χ0v) is 21.9. The molecule has 0 aliphatic carbocycles. The Bertz CT molecular complexity index is 1390. The van der Waals surface area contributed by atoms with Crippen LogP contribution in [0.15, 0.2) is 69.9 Å². The monoisotopic (exact) mass is 502 g/mol. The van der Waals surface area contributed by atoms with Gasteiger partial charge in [0.05, 0.1) is 0 Å². The molecule has 0 radical (unpaired) electrons. The van der Waals surface area contributed by atoms with Crippen molar-refractivity contribution in [3.05, 3.63) is 94.0 Å². The Hall–Kier alpha value is -3.27. The van der Waals surface area contributed by atoms with Crippen LogP contribution in [0.5, 0.6) is 0 Å². The third-order valence-corrected chi connectivity index (χ3v) is 7.02. The minimum atomic E-state index is -0.638. The maximum absolute atomic E-state index is 15.5. The number of benzene rings is 3. The lowest BCUT2D eigenvalue weighted by atomic mass is 9.97. The van der Waals surface area contributed by atoms with Crippen molar-refractivity contribution in [2.24, 2.45) is 0 Å². The molecule has 0 aliphatic rings. The van der Waals surface area contributed by atoms with Gasteiger partial charge in [-0.25, -0.2) is 13.6 Å². The van der Waals surface area contributed by atoms with Crippen LogP contribution in [0.1, 0.15) is 76.5 Å². The van der Waals surface area contributed by atoms with Crippen LogP contribution in [0.3, 0.4) is 0 Å². The molecule has 3 aromatic carbocycles. The second kappa shape index (κ2) is 12.8. The SMILES string of the molecule is CCCCCCCCCc1cc2ccc(-c3ccc(-c4ccc(CCC)cc4F)cc3)c(F)c2c(=O)o1. The van der Waals surface area contributed by atoms with Crippen LogP contribution in [0.2, 0.25) is 0 Å². The van der Waals surface area contributed by atoms with E-state index in [9.17, 15) is 9.18 Å². The number of rotatable bonds is 12. The van der Waals surface area contributed by atoms with E-state index in [0.29, 0.717) is 34.3 Å². The second-order valence-corrected chi connectivity index (χ2v) is 9.90. The van der Waals surface area contributed by atoms with E-state index < -0.39 is 11.4 Å². The molecule has 194 valence electrons. The quantitative estimate of drug-likeness (QED) is 0.181. The van der Waals surface area contributed by atoms with E-state index in [-0.39, 0.29) is 11.2 Å². The molecule has 37 heavy (non-hydrogen) atoms. The van der Waals surface area contributed by atoms with Crippen molar-refractivity contribution in [3.8, 4) is 22.3 Å². The number of aryl methyl sites for hydroxylation is 2. The van der Waals surface area contributed by atoms with Gasteiger partial charge in [-0.3, -0.25) is 0 Å². The van der Waals surface area contributed by atoms with E-state index in [1.807, 2.05) is 6.07 Å². The van der Waals surface area contributed by atoms with Crippen molar-refractivity contribution < 1.29 is 13.2 Å². The van der Waals surface area contributed by atoms with Gasteiger partial charge in [0, 0.05) is 17.5 Å². The van der Waals surface area contributed by atoms with Gasteiger partial charge >= 0.3 is 5.63 Å². The lowest BCUT2D eigenvalue weighted by Crippen LogP contribution is -2.05. The summed E-state index contributed by atoms with van der Waals surface area (Å²) < 4.78 is 35.6. The summed E-state index contributed by atoms with van der Waals surface area (Å²) in [5.41, 5.74) is 2.52. The highest BCUT2D eigenvalue weighted by molar-refractivity contribution is 5.87. The van der Waals surface area contributed by atoms with Crippen molar-refractivity contribution >= 4 is 10.8 Å². The largest absolute Gasteiger partial charge is 0.427 e. The maximum Gasteiger partial charge on any atom is 0.346 e. The van der Waals surface area contributed by atoms with Crippen LogP contribution < -0.4 is 5.63 Å². The number of fused-ring (bicyclic) bond motifs is 1. The molecule has 0 saturated heterocycles. The number of hydrogen-bond acceptors (Lipinski definition) is 2. The summed E-state index contributed by atoms with van der Waals surface area (Å²) in [6.07, 6.45) is 10.7. The first-order chi connectivity index (χ1) is 18.0. The number of unbranched alkanes of at least 4 members (excludes halogenated alkanes) is 6. The molecule has 0 aliphatic heterocycles. The van der Waals surface area contributed by atoms with E-state index in [0.717, 1.165) is 36.8 Å². The zero-order valence-electron chi connectivity index (χ0n) is 21.9. The van der Waals surface area contributed by atoms with E-state index >= 15 is 4.39 Å². The molecule has 0 N–H and O–H groups in total. The van der Waals surface area contributed by atoms with E-state index in [1.54, 1.807) is 54.6 Å². The molecule has 0 spiro atoms. The van der Waals surface area contributed by atoms with Crippen molar-refractivity contribution in [2.45, 2.75) is 78.1 Å². The summed E-state index contributed by atoms with van der Waals surface area (Å²) in [4.78, 5) is 12.7. The molecule has 0 fully saturated rings. The Morgan fingerprint density at radius 1 is 0.676 bits per heavy atom. The van der Waals surface area contributed by atoms with Gasteiger partial charge in [-0.05, 0) is 47.1 Å². The standard InChI is InChI=1S/C33H36F2O2/c1-3-5-6-7-8-9-10-12-27-22-26-18-20-29(32(35)31(26)33(36)37-27)25-16-14-24(15-17-25)28-19-13-23(11-4-2)21-30(28)34/h13-22H,3-12H2,1-2H3. The Labute approximate surface area is 218 Å². The summed E-state index contributed by atoms with van der Waals surface area (Å²) in [5, 5.41) is 0.531. The van der Waals surface area contributed by atoms with Crippen LogP contribution in [0, 0.1) is 11.6 Å². The summed E-state index contributed by atoms with van der Waals surface area (Å²) in [6.45, 7) is 4.27. The van der Waals surface area contributed by atoms with Crippen molar-refractivity contribution in [3.63, 3.8) is 0 Å². The van der Waals surface area contributed by atoms with Crippen molar-refractivity contribution in [2.75, 3.05) is 0 Å². The topological polar surface area (TPSA) is 30.2 Å². The van der Waals surface area contributed by atoms with E-state index in [1.165, 1.54) is 32.1 Å². The minimum absolute atomic E-state index is 0.0255. The smallest absolute Gasteiger partial charge is 0.346 e. The highest BCUT2D eigenvalue weighted by atomic mass is 19.1. The molecule has 0 bridgehead atoms. The number of halogens is 2. The van der Waals surface area contributed by atoms with Gasteiger partial charge in [0.2, 0.25) is 0 Å². The Morgan fingerprint density at radius 3 is 2.00 bits per heavy atom. The zero-order chi connectivity index (χ0) is 26.2. The fourth-order valence-electron chi connectivity index (χ4n) is 4.96. The van der Waals surface area contributed by atoms with Gasteiger partial charge in [0.25, 0.3) is 0 Å². The molecule has 2 nitrogen and oxygen atoms in total. The average Bonchev–Trinajstić information content (AvgIpc) is 2.89. The fraction of sp³-hybridized carbons (Fsp3) is 0.364. The number of hydrogen-bond donors (Lipinski definition) is 0. The lowest BCUT2D eigenvalue weighted by molar-refractivity contribution is 0.452. The first-order valence-corrected chi connectivity index (χ1v) is 13.7. The Morgan fingerprint density at radius 2 is 1.32 bits per heavy atom. The van der Waals surface area contributed by atoms with Crippen molar-refractivity contribution in [1.29, 1.82) is 0 Å². The Balaban J connectivity index is 1.50. The summed E-state index contributed by atoms with van der Waals surface area (Å²) in [6, 6.07) is 17.7. The molecule has 1 heterocycles. The van der Waals surface area contributed by atoms with Gasteiger partial charge in [0.1, 0.15) is 22.8 Å². The lowest BCUT2D eigenvalue weighted by Gasteiger charge is -2.10. The normalized spacial score (nSPS) is 11.4. The van der Waals surface area contributed by atoms with Gasteiger partial charge < -0.3 is 4.42 Å². The molecular weight excluding hydrogens is 466 g/mol. The van der Waals surface area contributed by atoms with Crippen LogP contribution in [0.25, 0.3) is 33.0 Å². The maximum atomic E-state index is 15.5. The Kier molecular flexibility index (Phi) is 9.27. The summed E-state index contributed by atoms with van der Waals surface area (Å²) in [7, 11) is 0. The summed E-state index contributed by atoms with van der Waals surface area (Å²) in [5.74, 6) is -0.244. The predicted octanol–water partition coefficient (Wildman–Crippen LogP) is 9.65. The molecule has 1 aromatic heterocycles. The third-order valence-electron chi connectivity index (χ3n) is 7.02. The molecule has 4 heteroatoms. The van der Waals surface area contributed by atoms with Gasteiger partial charge in [0.15, 0.2) is 0 Å². The van der Waals surface area contributed by atoms with E-state index in [2.05, 4.69) is 13.8 Å². The first kappa shape index (κ1) is 26.8. The molecule has 4 rings (SSSR count). The van der Waals surface area contributed by atoms with Crippen molar-refractivity contribution in [1.82, 2.24) is 0 Å². The highest BCUT2D eigenvalue weighted by Crippen LogP contribution is 2.31. The van der Waals surface area contributed by atoms with Crippen LogP contribution in [-0.4, -0.2) is 0 Å². The first-order valence-electron chi connectivity index (χ1n) is 13.7. The predicted molar refractivity (Wildman–Crippen MR) is 149 cm³/mol. The van der Waals surface area contributed by atoms with Gasteiger partial charge in [-0.2, -0.15) is 0 Å². The fourth-order valence-corrected chi connectivity index (χ4v) is 4.96. The van der Waals surface area contributed by atoms with Gasteiger partial charge in [-0.15, -0.1) is 0 Å². The summed E-state index contributed by atoms with van der Waals surface area (Å²) >= 11 is 0.